The summed E-state index contributed by atoms with van der Waals surface area (Å²) in [6.07, 6.45) is 0.581. The van der Waals surface area contributed by atoms with E-state index in [0.29, 0.717) is 6.54 Å². The second kappa shape index (κ2) is 7.88. The van der Waals surface area contributed by atoms with Gasteiger partial charge in [0.25, 0.3) is 0 Å². The lowest BCUT2D eigenvalue weighted by molar-refractivity contribution is 0.0297. The number of benzene rings is 1. The van der Waals surface area contributed by atoms with E-state index in [-0.39, 0.29) is 6.09 Å². The molecule has 0 fully saturated rings. The van der Waals surface area contributed by atoms with Crippen molar-refractivity contribution in [3.8, 4) is 0 Å². The second-order valence-corrected chi connectivity index (χ2v) is 6.13. The molecule has 0 saturated heterocycles. The van der Waals surface area contributed by atoms with Crippen LogP contribution < -0.4 is 11.1 Å². The Morgan fingerprint density at radius 2 is 2.00 bits per heavy atom. The molecule has 1 amide bonds. The molecular weight excluding hydrogens is 266 g/mol. The average molecular weight is 293 g/mol. The van der Waals surface area contributed by atoms with Crippen LogP contribution in [0.15, 0.2) is 24.3 Å². The fraction of sp³-hybridized carbons (Fsp3) is 0.562. The highest BCUT2D eigenvalue weighted by molar-refractivity contribution is 5.67. The van der Waals surface area contributed by atoms with Gasteiger partial charge in [-0.1, -0.05) is 18.2 Å². The zero-order valence-electron chi connectivity index (χ0n) is 13.5. The number of nitrogens with two attached hydrogens (primary N) is 1. The maximum Gasteiger partial charge on any atom is 0.410 e. The first-order valence-corrected chi connectivity index (χ1v) is 7.28. The van der Waals surface area contributed by atoms with Crippen LogP contribution >= 0.6 is 0 Å². The molecule has 0 atom stereocenters. The summed E-state index contributed by atoms with van der Waals surface area (Å²) < 4.78 is 5.29. The molecule has 5 heteroatoms. The maximum absolute atomic E-state index is 11.8. The number of nitrogens with zero attached hydrogens (tertiary/aromatic N) is 1. The number of rotatable bonds is 6. The average Bonchev–Trinajstić information content (AvgIpc) is 2.38. The molecule has 118 valence electrons. The van der Waals surface area contributed by atoms with E-state index in [1.807, 2.05) is 45.0 Å². The van der Waals surface area contributed by atoms with Crippen LogP contribution in [0.25, 0.3) is 0 Å². The van der Waals surface area contributed by atoms with Gasteiger partial charge in [0.05, 0.1) is 0 Å². The zero-order chi connectivity index (χ0) is 15.9. The van der Waals surface area contributed by atoms with E-state index in [4.69, 9.17) is 10.5 Å². The Bertz CT molecular complexity index is 455. The highest BCUT2D eigenvalue weighted by Crippen LogP contribution is 2.10. The predicted molar refractivity (Wildman–Crippen MR) is 86.0 cm³/mol. The van der Waals surface area contributed by atoms with Gasteiger partial charge in [-0.3, -0.25) is 0 Å². The van der Waals surface area contributed by atoms with Crippen LogP contribution in [-0.2, 0) is 11.3 Å². The van der Waals surface area contributed by atoms with Gasteiger partial charge in [-0.25, -0.2) is 4.79 Å². The van der Waals surface area contributed by atoms with Gasteiger partial charge in [0.2, 0.25) is 0 Å². The third kappa shape index (κ3) is 6.99. The first-order valence-electron chi connectivity index (χ1n) is 7.28. The van der Waals surface area contributed by atoms with Crippen LogP contribution in [0.4, 0.5) is 10.5 Å². The van der Waals surface area contributed by atoms with E-state index in [9.17, 15) is 4.79 Å². The number of hydrogen-bond acceptors (Lipinski definition) is 4. The molecule has 0 radical (unpaired) electrons. The zero-order valence-corrected chi connectivity index (χ0v) is 13.5. The van der Waals surface area contributed by atoms with Gasteiger partial charge in [-0.05, 0) is 45.4 Å². The van der Waals surface area contributed by atoms with Crippen LogP contribution in [0.5, 0.6) is 0 Å². The molecule has 0 saturated carbocycles. The number of carbonyl (C=O) groups excluding carboxylic acids is 1. The van der Waals surface area contributed by atoms with Gasteiger partial charge in [-0.2, -0.15) is 0 Å². The number of nitrogen functional groups attached to an aromatic ring is 1. The molecule has 0 heterocycles. The number of hydrogen-bond donors (Lipinski definition) is 2. The van der Waals surface area contributed by atoms with Gasteiger partial charge < -0.3 is 20.7 Å². The van der Waals surface area contributed by atoms with Gasteiger partial charge in [0.1, 0.15) is 5.60 Å². The standard InChI is InChI=1S/C16H27N3O2/c1-16(2,3)21-15(20)19(4)11-7-10-18-12-13-8-5-6-9-14(13)17/h5-6,8-9,18H,7,10-12,17H2,1-4H3. The molecular formula is C16H27N3O2. The number of para-hydroxylation sites is 1. The minimum Gasteiger partial charge on any atom is -0.444 e. The third-order valence-corrected chi connectivity index (χ3v) is 2.92. The van der Waals surface area contributed by atoms with Crippen molar-refractivity contribution in [1.29, 1.82) is 0 Å². The summed E-state index contributed by atoms with van der Waals surface area (Å²) in [6.45, 7) is 7.82. The van der Waals surface area contributed by atoms with Crippen molar-refractivity contribution < 1.29 is 9.53 Å². The minimum absolute atomic E-state index is 0.283. The molecule has 1 aromatic rings. The van der Waals surface area contributed by atoms with E-state index in [1.54, 1.807) is 11.9 Å². The van der Waals surface area contributed by atoms with Crippen molar-refractivity contribution in [1.82, 2.24) is 10.2 Å². The van der Waals surface area contributed by atoms with Crippen LogP contribution in [0.3, 0.4) is 0 Å². The fourth-order valence-corrected chi connectivity index (χ4v) is 1.79. The molecule has 0 bridgehead atoms. The summed E-state index contributed by atoms with van der Waals surface area (Å²) in [5, 5.41) is 3.33. The van der Waals surface area contributed by atoms with Crippen LogP contribution in [0, 0.1) is 0 Å². The molecule has 0 aromatic heterocycles. The number of anilines is 1. The summed E-state index contributed by atoms with van der Waals surface area (Å²) in [7, 11) is 1.75. The van der Waals surface area contributed by atoms with Gasteiger partial charge in [0, 0.05) is 25.8 Å². The lowest BCUT2D eigenvalue weighted by atomic mass is 10.2. The number of amides is 1. The summed E-state index contributed by atoms with van der Waals surface area (Å²) >= 11 is 0. The minimum atomic E-state index is -0.450. The molecule has 1 aromatic carbocycles. The van der Waals surface area contributed by atoms with E-state index in [1.165, 1.54) is 0 Å². The molecule has 21 heavy (non-hydrogen) atoms. The molecule has 5 nitrogen and oxygen atoms in total. The Kier molecular flexibility index (Phi) is 6.49. The molecule has 1 rings (SSSR count). The van der Waals surface area contributed by atoms with Crippen molar-refractivity contribution in [2.75, 3.05) is 25.9 Å². The topological polar surface area (TPSA) is 67.6 Å². The van der Waals surface area contributed by atoms with E-state index in [2.05, 4.69) is 5.32 Å². The Morgan fingerprint density at radius 3 is 2.62 bits per heavy atom. The van der Waals surface area contributed by atoms with E-state index >= 15 is 0 Å². The molecule has 3 N–H and O–H groups in total. The highest BCUT2D eigenvalue weighted by Gasteiger charge is 2.18. The van der Waals surface area contributed by atoms with E-state index < -0.39 is 5.60 Å². The smallest absolute Gasteiger partial charge is 0.410 e. The quantitative estimate of drug-likeness (QED) is 0.625. The molecule has 0 aliphatic rings. The monoisotopic (exact) mass is 293 g/mol. The lowest BCUT2D eigenvalue weighted by Gasteiger charge is -2.24. The number of nitrogens with one attached hydrogen (secondary N) is 1. The highest BCUT2D eigenvalue weighted by atomic mass is 16.6. The molecule has 0 aliphatic heterocycles. The Labute approximate surface area is 127 Å². The molecule has 0 unspecified atom stereocenters. The van der Waals surface area contributed by atoms with Gasteiger partial charge in [0.15, 0.2) is 0 Å². The summed E-state index contributed by atoms with van der Waals surface area (Å²) in [5.74, 6) is 0. The van der Waals surface area contributed by atoms with E-state index in [0.717, 1.165) is 30.8 Å². The maximum atomic E-state index is 11.8. The van der Waals surface area contributed by atoms with Crippen LogP contribution in [-0.4, -0.2) is 36.7 Å². The first kappa shape index (κ1) is 17.3. The summed E-state index contributed by atoms with van der Waals surface area (Å²) in [6, 6.07) is 7.81. The first-order chi connectivity index (χ1) is 9.79. The van der Waals surface area contributed by atoms with Gasteiger partial charge >= 0.3 is 6.09 Å². The largest absolute Gasteiger partial charge is 0.444 e. The Hall–Kier alpha value is -1.75. The number of ether oxygens (including phenoxy) is 1. The molecule has 0 aliphatic carbocycles. The van der Waals surface area contributed by atoms with Crippen molar-refractivity contribution in [3.05, 3.63) is 29.8 Å². The molecule has 0 spiro atoms. The van der Waals surface area contributed by atoms with Crippen LogP contribution in [0.2, 0.25) is 0 Å². The van der Waals surface area contributed by atoms with Crippen molar-refractivity contribution >= 4 is 11.8 Å². The van der Waals surface area contributed by atoms with Crippen LogP contribution in [0.1, 0.15) is 32.8 Å². The van der Waals surface area contributed by atoms with Crippen molar-refractivity contribution in [2.24, 2.45) is 0 Å². The Balaban J connectivity index is 2.19. The summed E-state index contributed by atoms with van der Waals surface area (Å²) in [5.41, 5.74) is 7.32. The fourth-order valence-electron chi connectivity index (χ4n) is 1.79. The van der Waals surface area contributed by atoms with Crippen molar-refractivity contribution in [3.63, 3.8) is 0 Å². The van der Waals surface area contributed by atoms with Gasteiger partial charge in [-0.15, -0.1) is 0 Å². The third-order valence-electron chi connectivity index (χ3n) is 2.92. The van der Waals surface area contributed by atoms with Crippen molar-refractivity contribution in [2.45, 2.75) is 39.3 Å². The normalized spacial score (nSPS) is 11.2. The SMILES string of the molecule is CN(CCCNCc1ccccc1N)C(=O)OC(C)(C)C. The second-order valence-electron chi connectivity index (χ2n) is 6.13. The Morgan fingerprint density at radius 1 is 1.33 bits per heavy atom. The lowest BCUT2D eigenvalue weighted by Crippen LogP contribution is -2.35. The summed E-state index contributed by atoms with van der Waals surface area (Å²) in [4.78, 5) is 13.4. The predicted octanol–water partition coefficient (Wildman–Crippen LogP) is 2.62. The number of carbonyl (C=O) groups is 1.